The van der Waals surface area contributed by atoms with Crippen LogP contribution in [0.1, 0.15) is 24.9 Å². The molecule has 7 nitrogen and oxygen atoms in total. The van der Waals surface area contributed by atoms with Gasteiger partial charge in [-0.1, -0.05) is 11.6 Å². The Morgan fingerprint density at radius 3 is 2.31 bits per heavy atom. The molecule has 0 aliphatic heterocycles. The number of halogens is 1. The molecule has 0 saturated carbocycles. The highest BCUT2D eigenvalue weighted by molar-refractivity contribution is 7.91. The van der Waals surface area contributed by atoms with Crippen molar-refractivity contribution in [1.82, 2.24) is 10.6 Å². The monoisotopic (exact) mass is 398 g/mol. The first-order valence-electron chi connectivity index (χ1n) is 7.83. The first-order chi connectivity index (χ1) is 12.2. The van der Waals surface area contributed by atoms with Gasteiger partial charge >= 0.3 is 11.8 Å². The van der Waals surface area contributed by atoms with Crippen molar-refractivity contribution in [1.29, 1.82) is 0 Å². The van der Waals surface area contributed by atoms with Gasteiger partial charge in [0, 0.05) is 17.6 Å². The average Bonchev–Trinajstić information content (AvgIpc) is 3.08. The normalized spacial score (nSPS) is 12.6. The van der Waals surface area contributed by atoms with E-state index in [-0.39, 0.29) is 23.2 Å². The highest BCUT2D eigenvalue weighted by Gasteiger charge is 2.32. The van der Waals surface area contributed by atoms with Gasteiger partial charge in [0.25, 0.3) is 0 Å². The van der Waals surface area contributed by atoms with Crippen molar-refractivity contribution in [3.63, 3.8) is 0 Å². The molecule has 0 spiro atoms. The van der Waals surface area contributed by atoms with Crippen LogP contribution in [0.15, 0.2) is 52.0 Å². The second-order valence-corrected chi connectivity index (χ2v) is 8.41. The third kappa shape index (κ3) is 4.86. The molecule has 9 heteroatoms. The molecule has 1 heterocycles. The molecule has 0 aliphatic rings. The molecular formula is C17H19ClN2O5S. The zero-order valence-electron chi connectivity index (χ0n) is 14.2. The van der Waals surface area contributed by atoms with E-state index in [1.54, 1.807) is 19.9 Å². The van der Waals surface area contributed by atoms with Gasteiger partial charge in [0.1, 0.15) is 11.0 Å². The minimum Gasteiger partial charge on any atom is -0.468 e. The number of hydrogen-bond acceptors (Lipinski definition) is 5. The van der Waals surface area contributed by atoms with Gasteiger partial charge in [-0.15, -0.1) is 0 Å². The fourth-order valence-corrected chi connectivity index (χ4v) is 3.93. The Hall–Kier alpha value is -2.32. The maximum atomic E-state index is 12.9. The summed E-state index contributed by atoms with van der Waals surface area (Å²) in [6, 6.07) is 8.50. The second-order valence-electron chi connectivity index (χ2n) is 5.84. The molecule has 2 rings (SSSR count). The third-order valence-corrected chi connectivity index (χ3v) is 5.78. The van der Waals surface area contributed by atoms with Crippen LogP contribution in [0.5, 0.6) is 0 Å². The van der Waals surface area contributed by atoms with E-state index in [0.29, 0.717) is 5.02 Å². The van der Waals surface area contributed by atoms with Crippen molar-refractivity contribution in [3.8, 4) is 0 Å². The molecule has 0 radical (unpaired) electrons. The highest BCUT2D eigenvalue weighted by atomic mass is 35.5. The summed E-state index contributed by atoms with van der Waals surface area (Å²) < 4.78 is 31.1. The van der Waals surface area contributed by atoms with E-state index in [9.17, 15) is 18.0 Å². The van der Waals surface area contributed by atoms with Gasteiger partial charge < -0.3 is 15.1 Å². The molecule has 140 valence electrons. The number of sulfone groups is 1. The van der Waals surface area contributed by atoms with Crippen LogP contribution in [0, 0.1) is 0 Å². The van der Waals surface area contributed by atoms with E-state index in [1.165, 1.54) is 36.6 Å². The first kappa shape index (κ1) is 20.0. The van der Waals surface area contributed by atoms with Crippen molar-refractivity contribution >= 4 is 33.3 Å². The minimum atomic E-state index is -3.88. The summed E-state index contributed by atoms with van der Waals surface area (Å²) in [6.45, 7) is 3.10. The van der Waals surface area contributed by atoms with E-state index >= 15 is 0 Å². The van der Waals surface area contributed by atoms with Crippen LogP contribution >= 0.6 is 11.6 Å². The molecule has 0 fully saturated rings. The fourth-order valence-electron chi connectivity index (χ4n) is 2.22. The summed E-state index contributed by atoms with van der Waals surface area (Å²) in [6.07, 6.45) is 1.34. The van der Waals surface area contributed by atoms with Gasteiger partial charge in [0.2, 0.25) is 0 Å². The summed E-state index contributed by atoms with van der Waals surface area (Å²) in [5.41, 5.74) is 0. The lowest BCUT2D eigenvalue weighted by molar-refractivity contribution is -0.139. The summed E-state index contributed by atoms with van der Waals surface area (Å²) in [5, 5.41) is 4.00. The maximum Gasteiger partial charge on any atom is 0.309 e. The fraction of sp³-hybridized carbons (Fsp3) is 0.294. The van der Waals surface area contributed by atoms with E-state index in [1.807, 2.05) is 0 Å². The standard InChI is InChI=1S/C17H19ClN2O5S/c1-11(2)20-17(22)16(21)19-10-15(14-4-3-9-25-14)26(23,24)13-7-5-12(18)6-8-13/h3-9,11,15H,10H2,1-2H3,(H,19,21)(H,20,22)/t15-/m1/s1. The largest absolute Gasteiger partial charge is 0.468 e. The molecule has 2 aromatic rings. The zero-order valence-corrected chi connectivity index (χ0v) is 15.8. The van der Waals surface area contributed by atoms with Crippen LogP contribution in [0.2, 0.25) is 5.02 Å². The number of benzene rings is 1. The molecule has 1 atom stereocenters. The van der Waals surface area contributed by atoms with Crippen molar-refractivity contribution in [3.05, 3.63) is 53.4 Å². The van der Waals surface area contributed by atoms with Crippen molar-refractivity contribution < 1.29 is 22.4 Å². The smallest absolute Gasteiger partial charge is 0.309 e. The zero-order chi connectivity index (χ0) is 19.3. The minimum absolute atomic E-state index is 0.0316. The van der Waals surface area contributed by atoms with E-state index in [2.05, 4.69) is 10.6 Å². The Kier molecular flexibility index (Phi) is 6.44. The predicted octanol–water partition coefficient (Wildman–Crippen LogP) is 2.09. The van der Waals surface area contributed by atoms with Crippen LogP contribution < -0.4 is 10.6 Å². The Morgan fingerprint density at radius 2 is 1.77 bits per heavy atom. The van der Waals surface area contributed by atoms with Crippen LogP contribution in [0.4, 0.5) is 0 Å². The van der Waals surface area contributed by atoms with Gasteiger partial charge in [0.05, 0.1) is 11.2 Å². The van der Waals surface area contributed by atoms with Gasteiger partial charge in [-0.25, -0.2) is 8.42 Å². The summed E-state index contributed by atoms with van der Waals surface area (Å²) in [4.78, 5) is 23.6. The van der Waals surface area contributed by atoms with Gasteiger partial charge in [-0.05, 0) is 50.2 Å². The number of nitrogens with one attached hydrogen (secondary N) is 2. The first-order valence-corrected chi connectivity index (χ1v) is 9.76. The number of carbonyl (C=O) groups excluding carboxylic acids is 2. The van der Waals surface area contributed by atoms with E-state index in [0.717, 1.165) is 0 Å². The van der Waals surface area contributed by atoms with Crippen molar-refractivity contribution in [2.75, 3.05) is 6.54 Å². The SMILES string of the molecule is CC(C)NC(=O)C(=O)NC[C@H](c1ccco1)S(=O)(=O)c1ccc(Cl)cc1. The molecule has 2 amide bonds. The van der Waals surface area contributed by atoms with Crippen LogP contribution in [-0.4, -0.2) is 32.8 Å². The summed E-state index contributed by atoms with van der Waals surface area (Å²) in [7, 11) is -3.88. The predicted molar refractivity (Wildman–Crippen MR) is 96.4 cm³/mol. The molecule has 1 aromatic carbocycles. The number of furan rings is 1. The Labute approximate surface area is 156 Å². The van der Waals surface area contributed by atoms with Crippen molar-refractivity contribution in [2.24, 2.45) is 0 Å². The number of hydrogen-bond donors (Lipinski definition) is 2. The Bertz CT molecular complexity index is 861. The quantitative estimate of drug-likeness (QED) is 0.725. The average molecular weight is 399 g/mol. The third-order valence-electron chi connectivity index (χ3n) is 3.45. The lowest BCUT2D eigenvalue weighted by Gasteiger charge is -2.17. The molecule has 26 heavy (non-hydrogen) atoms. The summed E-state index contributed by atoms with van der Waals surface area (Å²) >= 11 is 5.81. The molecular weight excluding hydrogens is 380 g/mol. The van der Waals surface area contributed by atoms with Crippen LogP contribution in [-0.2, 0) is 19.4 Å². The van der Waals surface area contributed by atoms with E-state index in [4.69, 9.17) is 16.0 Å². The highest BCUT2D eigenvalue weighted by Crippen LogP contribution is 2.29. The lowest BCUT2D eigenvalue weighted by atomic mass is 10.3. The molecule has 0 unspecified atom stereocenters. The van der Waals surface area contributed by atoms with Gasteiger partial charge in [-0.3, -0.25) is 9.59 Å². The van der Waals surface area contributed by atoms with Gasteiger partial charge in [-0.2, -0.15) is 0 Å². The molecule has 0 bridgehead atoms. The van der Waals surface area contributed by atoms with Crippen LogP contribution in [0.3, 0.4) is 0 Å². The molecule has 1 aromatic heterocycles. The van der Waals surface area contributed by atoms with Crippen molar-refractivity contribution in [2.45, 2.75) is 30.0 Å². The topological polar surface area (TPSA) is 105 Å². The van der Waals surface area contributed by atoms with Crippen LogP contribution in [0.25, 0.3) is 0 Å². The maximum absolute atomic E-state index is 12.9. The summed E-state index contributed by atoms with van der Waals surface area (Å²) in [5.74, 6) is -1.59. The molecule has 0 saturated heterocycles. The van der Waals surface area contributed by atoms with Gasteiger partial charge in [0.15, 0.2) is 9.84 Å². The number of amides is 2. The number of carbonyl (C=O) groups is 2. The molecule has 0 aliphatic carbocycles. The lowest BCUT2D eigenvalue weighted by Crippen LogP contribution is -2.44. The molecule has 2 N–H and O–H groups in total. The Balaban J connectivity index is 2.24. The van der Waals surface area contributed by atoms with E-state index < -0.39 is 26.9 Å². The Morgan fingerprint density at radius 1 is 1.12 bits per heavy atom. The number of rotatable bonds is 6. The second kappa shape index (κ2) is 8.37.